The van der Waals surface area contributed by atoms with Gasteiger partial charge in [0, 0.05) is 43.1 Å². The van der Waals surface area contributed by atoms with Crippen molar-refractivity contribution in [1.82, 2.24) is 24.6 Å². The number of nitrogens with zero attached hydrogens (tertiary/aromatic N) is 4. The Balaban J connectivity index is 1.17. The van der Waals surface area contributed by atoms with Gasteiger partial charge in [-0.05, 0) is 43.3 Å². The van der Waals surface area contributed by atoms with Crippen LogP contribution >= 0.6 is 0 Å². The number of anilines is 1. The Morgan fingerprint density at radius 1 is 1.03 bits per heavy atom. The molecule has 0 saturated carbocycles. The second kappa shape index (κ2) is 9.11. The number of H-pyrrole nitrogens is 1. The van der Waals surface area contributed by atoms with Gasteiger partial charge in [0.25, 0.3) is 5.91 Å². The number of para-hydroxylation sites is 1. The fraction of sp³-hybridized carbons (Fsp3) is 0.240. The van der Waals surface area contributed by atoms with Gasteiger partial charge in [0.2, 0.25) is 5.91 Å². The first kappa shape index (κ1) is 21.8. The molecule has 2 N–H and O–H groups in total. The van der Waals surface area contributed by atoms with Crippen LogP contribution in [0, 0.1) is 12.7 Å². The number of hydrogen-bond donors (Lipinski definition) is 2. The van der Waals surface area contributed by atoms with Gasteiger partial charge in [-0.2, -0.15) is 5.10 Å². The molecule has 0 radical (unpaired) electrons. The van der Waals surface area contributed by atoms with E-state index in [0.29, 0.717) is 43.4 Å². The van der Waals surface area contributed by atoms with Crippen molar-refractivity contribution in [2.24, 2.45) is 0 Å². The number of fused-ring (bicyclic) bond motifs is 1. The number of amides is 2. The van der Waals surface area contributed by atoms with Crippen LogP contribution in [0.25, 0.3) is 16.6 Å². The van der Waals surface area contributed by atoms with E-state index in [-0.39, 0.29) is 24.2 Å². The Labute approximate surface area is 196 Å². The first-order chi connectivity index (χ1) is 16.5. The number of halogens is 1. The second-order valence-electron chi connectivity index (χ2n) is 8.45. The van der Waals surface area contributed by atoms with Crippen LogP contribution in [0.2, 0.25) is 0 Å². The number of aryl methyl sites for hydroxylation is 1. The van der Waals surface area contributed by atoms with E-state index >= 15 is 0 Å². The number of aromatic nitrogens is 3. The van der Waals surface area contributed by atoms with Crippen LogP contribution in [0.15, 0.2) is 60.7 Å². The summed E-state index contributed by atoms with van der Waals surface area (Å²) in [6.07, 6.45) is 0. The molecule has 174 valence electrons. The molecule has 1 aliphatic heterocycles. The van der Waals surface area contributed by atoms with Crippen LogP contribution < -0.4 is 5.32 Å². The van der Waals surface area contributed by atoms with Crippen molar-refractivity contribution in [1.29, 1.82) is 0 Å². The normalized spacial score (nSPS) is 14.5. The first-order valence-electron chi connectivity index (χ1n) is 11.2. The van der Waals surface area contributed by atoms with Gasteiger partial charge in [-0.15, -0.1) is 0 Å². The fourth-order valence-corrected chi connectivity index (χ4v) is 4.22. The molecule has 2 aromatic carbocycles. The van der Waals surface area contributed by atoms with Crippen molar-refractivity contribution in [3.8, 4) is 5.69 Å². The van der Waals surface area contributed by atoms with Crippen molar-refractivity contribution in [3.05, 3.63) is 77.9 Å². The molecule has 9 heteroatoms. The van der Waals surface area contributed by atoms with Crippen molar-refractivity contribution in [2.75, 3.05) is 38.0 Å². The molecule has 0 spiro atoms. The molecule has 2 amide bonds. The minimum absolute atomic E-state index is 0.0287. The zero-order valence-corrected chi connectivity index (χ0v) is 18.8. The van der Waals surface area contributed by atoms with Gasteiger partial charge in [-0.1, -0.05) is 18.2 Å². The predicted octanol–water partition coefficient (Wildman–Crippen LogP) is 3.20. The summed E-state index contributed by atoms with van der Waals surface area (Å²) >= 11 is 0. The van der Waals surface area contributed by atoms with Crippen molar-refractivity contribution < 1.29 is 14.0 Å². The number of rotatable bonds is 5. The van der Waals surface area contributed by atoms with Gasteiger partial charge in [-0.25, -0.2) is 9.07 Å². The lowest BCUT2D eigenvalue weighted by molar-refractivity contribution is -0.117. The van der Waals surface area contributed by atoms with E-state index < -0.39 is 0 Å². The highest BCUT2D eigenvalue weighted by atomic mass is 19.1. The largest absolute Gasteiger partial charge is 0.351 e. The quantitative estimate of drug-likeness (QED) is 0.479. The lowest BCUT2D eigenvalue weighted by Crippen LogP contribution is -2.50. The maximum Gasteiger partial charge on any atom is 0.270 e. The molecule has 2 aromatic heterocycles. The summed E-state index contributed by atoms with van der Waals surface area (Å²) < 4.78 is 14.9. The Kier molecular flexibility index (Phi) is 5.85. The van der Waals surface area contributed by atoms with Crippen LogP contribution in [0.1, 0.15) is 16.2 Å². The highest BCUT2D eigenvalue weighted by Crippen LogP contribution is 2.19. The number of piperazine rings is 1. The maximum absolute atomic E-state index is 13.3. The minimum atomic E-state index is -0.333. The third-order valence-corrected chi connectivity index (χ3v) is 5.96. The van der Waals surface area contributed by atoms with Gasteiger partial charge in [-0.3, -0.25) is 14.5 Å². The third kappa shape index (κ3) is 4.55. The summed E-state index contributed by atoms with van der Waals surface area (Å²) in [5, 5.41) is 8.32. The van der Waals surface area contributed by atoms with Crippen molar-refractivity contribution >= 4 is 28.5 Å². The van der Waals surface area contributed by atoms with Gasteiger partial charge in [0.1, 0.15) is 17.3 Å². The van der Waals surface area contributed by atoms with Crippen molar-refractivity contribution in [2.45, 2.75) is 6.92 Å². The molecule has 0 atom stereocenters. The van der Waals surface area contributed by atoms with Gasteiger partial charge in [0.05, 0.1) is 17.9 Å². The Morgan fingerprint density at radius 3 is 2.50 bits per heavy atom. The number of hydrogen-bond acceptors (Lipinski definition) is 4. The molecular weight excluding hydrogens is 435 g/mol. The van der Waals surface area contributed by atoms with Crippen LogP contribution in [0.5, 0.6) is 0 Å². The highest BCUT2D eigenvalue weighted by molar-refractivity contribution is 5.98. The number of carbonyl (C=O) groups excluding carboxylic acids is 2. The number of benzene rings is 2. The highest BCUT2D eigenvalue weighted by Gasteiger charge is 2.24. The number of nitrogens with one attached hydrogen (secondary N) is 2. The molecule has 34 heavy (non-hydrogen) atoms. The summed E-state index contributed by atoms with van der Waals surface area (Å²) in [6, 6.07) is 17.4. The second-order valence-corrected chi connectivity index (χ2v) is 8.45. The van der Waals surface area contributed by atoms with E-state index in [2.05, 4.69) is 15.4 Å². The summed E-state index contributed by atoms with van der Waals surface area (Å²) in [7, 11) is 0. The molecule has 4 aromatic rings. The Bertz CT molecular complexity index is 1300. The molecular formula is C25H25FN6O2. The van der Waals surface area contributed by atoms with Crippen molar-refractivity contribution in [3.63, 3.8) is 0 Å². The smallest absolute Gasteiger partial charge is 0.270 e. The van der Waals surface area contributed by atoms with E-state index in [4.69, 9.17) is 0 Å². The molecule has 3 heterocycles. The Morgan fingerprint density at radius 2 is 1.76 bits per heavy atom. The van der Waals surface area contributed by atoms with Gasteiger partial charge >= 0.3 is 0 Å². The lowest BCUT2D eigenvalue weighted by atomic mass is 10.2. The SMILES string of the molecule is Cc1cc(NC(=O)CN2CCN(C(=O)c3cc4ccccc4[nH]3)CC2)n(-c2ccc(F)cc2)n1. The minimum Gasteiger partial charge on any atom is -0.351 e. The molecule has 0 unspecified atom stereocenters. The van der Waals surface area contributed by atoms with Crippen LogP contribution in [-0.2, 0) is 4.79 Å². The number of aromatic amines is 1. The molecule has 1 saturated heterocycles. The zero-order valence-electron chi connectivity index (χ0n) is 18.8. The molecule has 0 aliphatic carbocycles. The molecule has 1 fully saturated rings. The van der Waals surface area contributed by atoms with E-state index in [9.17, 15) is 14.0 Å². The lowest BCUT2D eigenvalue weighted by Gasteiger charge is -2.34. The average Bonchev–Trinajstić information content (AvgIpc) is 3.43. The molecule has 1 aliphatic rings. The van der Waals surface area contributed by atoms with Crippen LogP contribution in [0.4, 0.5) is 10.2 Å². The molecule has 5 rings (SSSR count). The third-order valence-electron chi connectivity index (χ3n) is 5.96. The topological polar surface area (TPSA) is 86.3 Å². The van der Waals surface area contributed by atoms with E-state index in [1.807, 2.05) is 47.1 Å². The molecule has 0 bridgehead atoms. The Hall–Kier alpha value is -3.98. The number of carbonyl (C=O) groups is 2. The standard InChI is InChI=1S/C25H25FN6O2/c1-17-14-23(32(29-17)20-8-6-19(26)7-9-20)28-24(33)16-30-10-12-31(13-11-30)25(34)22-15-18-4-2-3-5-21(18)27-22/h2-9,14-15,27H,10-13,16H2,1H3,(H,28,33). The van der Waals surface area contributed by atoms with E-state index in [0.717, 1.165) is 16.6 Å². The summed E-state index contributed by atoms with van der Waals surface area (Å²) in [5.41, 5.74) is 2.92. The van der Waals surface area contributed by atoms with E-state index in [1.54, 1.807) is 22.9 Å². The summed E-state index contributed by atoms with van der Waals surface area (Å²) in [4.78, 5) is 32.6. The van der Waals surface area contributed by atoms with Crippen LogP contribution in [0.3, 0.4) is 0 Å². The van der Waals surface area contributed by atoms with Crippen LogP contribution in [-0.4, -0.2) is 69.1 Å². The zero-order chi connectivity index (χ0) is 23.7. The maximum atomic E-state index is 13.3. The van der Waals surface area contributed by atoms with Gasteiger partial charge in [0.15, 0.2) is 0 Å². The predicted molar refractivity (Wildman–Crippen MR) is 128 cm³/mol. The average molecular weight is 461 g/mol. The fourth-order valence-electron chi connectivity index (χ4n) is 4.22. The summed E-state index contributed by atoms with van der Waals surface area (Å²) in [5.74, 6) is -0.000238. The molecule has 8 nitrogen and oxygen atoms in total. The summed E-state index contributed by atoms with van der Waals surface area (Å²) in [6.45, 7) is 4.36. The monoisotopic (exact) mass is 460 g/mol. The van der Waals surface area contributed by atoms with Gasteiger partial charge < -0.3 is 15.2 Å². The first-order valence-corrected chi connectivity index (χ1v) is 11.2. The van der Waals surface area contributed by atoms with E-state index in [1.165, 1.54) is 12.1 Å².